The van der Waals surface area contributed by atoms with Crippen molar-refractivity contribution in [3.8, 4) is 17.2 Å². The molecule has 0 fully saturated rings. The van der Waals surface area contributed by atoms with Crippen LogP contribution in [0.25, 0.3) is 12.2 Å². The fourth-order valence-electron chi connectivity index (χ4n) is 2.14. The number of carbonyl (C=O) groups is 1. The molecule has 132 valence electrons. The summed E-state index contributed by atoms with van der Waals surface area (Å²) in [4.78, 5) is 11.4. The summed E-state index contributed by atoms with van der Waals surface area (Å²) >= 11 is 0. The molecule has 2 aromatic rings. The van der Waals surface area contributed by atoms with Crippen molar-refractivity contribution in [2.24, 2.45) is 0 Å². The lowest BCUT2D eigenvalue weighted by molar-refractivity contribution is -0.145. The third kappa shape index (κ3) is 5.88. The van der Waals surface area contributed by atoms with Gasteiger partial charge in [0.15, 0.2) is 6.61 Å². The Labute approximate surface area is 147 Å². The van der Waals surface area contributed by atoms with Crippen LogP contribution in [0, 0.1) is 0 Å². The predicted octanol–water partition coefficient (Wildman–Crippen LogP) is 3.82. The van der Waals surface area contributed by atoms with Crippen LogP contribution in [0.5, 0.6) is 17.2 Å². The third-order valence-corrected chi connectivity index (χ3v) is 3.38. The van der Waals surface area contributed by atoms with E-state index in [9.17, 15) is 4.79 Å². The molecule has 0 amide bonds. The average molecular weight is 342 g/mol. The highest BCUT2D eigenvalue weighted by molar-refractivity contribution is 5.72. The van der Waals surface area contributed by atoms with Gasteiger partial charge in [0, 0.05) is 6.07 Å². The van der Waals surface area contributed by atoms with E-state index in [1.165, 1.54) is 0 Å². The van der Waals surface area contributed by atoms with E-state index in [-0.39, 0.29) is 6.61 Å². The van der Waals surface area contributed by atoms with Gasteiger partial charge in [0.2, 0.25) is 0 Å². The zero-order chi connectivity index (χ0) is 18.1. The Morgan fingerprint density at radius 2 is 1.52 bits per heavy atom. The van der Waals surface area contributed by atoms with E-state index in [2.05, 4.69) is 0 Å². The minimum absolute atomic E-state index is 0.136. The maximum absolute atomic E-state index is 11.4. The van der Waals surface area contributed by atoms with E-state index in [4.69, 9.17) is 18.9 Å². The molecule has 0 heterocycles. The molecule has 0 saturated carbocycles. The summed E-state index contributed by atoms with van der Waals surface area (Å²) in [6.45, 7) is 1.95. The zero-order valence-electron chi connectivity index (χ0n) is 14.7. The molecule has 5 nitrogen and oxygen atoms in total. The van der Waals surface area contributed by atoms with Gasteiger partial charge in [-0.25, -0.2) is 4.79 Å². The molecule has 0 N–H and O–H groups in total. The molecule has 0 aliphatic carbocycles. The van der Waals surface area contributed by atoms with Crippen LogP contribution in [0.2, 0.25) is 0 Å². The van der Waals surface area contributed by atoms with E-state index in [1.54, 1.807) is 27.2 Å². The molecule has 5 heteroatoms. The molecule has 0 saturated heterocycles. The number of benzene rings is 2. The summed E-state index contributed by atoms with van der Waals surface area (Å²) in [5, 5.41) is 0. The topological polar surface area (TPSA) is 54.0 Å². The summed E-state index contributed by atoms with van der Waals surface area (Å²) in [5.74, 6) is 1.60. The largest absolute Gasteiger partial charge is 0.497 e. The number of rotatable bonds is 8. The molecular formula is C20H22O5. The Morgan fingerprint density at radius 1 is 0.880 bits per heavy atom. The van der Waals surface area contributed by atoms with Gasteiger partial charge in [-0.2, -0.15) is 0 Å². The Balaban J connectivity index is 2.11. The van der Waals surface area contributed by atoms with E-state index >= 15 is 0 Å². The molecule has 0 bridgehead atoms. The molecule has 2 aromatic carbocycles. The van der Waals surface area contributed by atoms with Crippen LogP contribution in [-0.2, 0) is 9.53 Å². The Kier molecular flexibility index (Phi) is 6.89. The molecule has 0 atom stereocenters. The first-order valence-electron chi connectivity index (χ1n) is 7.94. The smallest absolute Gasteiger partial charge is 0.344 e. The highest BCUT2D eigenvalue weighted by atomic mass is 16.6. The first-order valence-corrected chi connectivity index (χ1v) is 7.94. The van der Waals surface area contributed by atoms with Crippen LogP contribution in [-0.4, -0.2) is 33.4 Å². The highest BCUT2D eigenvalue weighted by Crippen LogP contribution is 2.24. The molecule has 0 aromatic heterocycles. The van der Waals surface area contributed by atoms with Crippen molar-refractivity contribution in [2.45, 2.75) is 6.92 Å². The molecule has 0 spiro atoms. The predicted molar refractivity (Wildman–Crippen MR) is 97.0 cm³/mol. The normalized spacial score (nSPS) is 10.5. The van der Waals surface area contributed by atoms with Crippen LogP contribution in [0.3, 0.4) is 0 Å². The number of carbonyl (C=O) groups excluding carboxylic acids is 1. The van der Waals surface area contributed by atoms with Crippen LogP contribution < -0.4 is 14.2 Å². The van der Waals surface area contributed by atoms with Crippen molar-refractivity contribution in [3.63, 3.8) is 0 Å². The maximum Gasteiger partial charge on any atom is 0.344 e. The van der Waals surface area contributed by atoms with Crippen molar-refractivity contribution in [1.82, 2.24) is 0 Å². The fourth-order valence-corrected chi connectivity index (χ4v) is 2.14. The first kappa shape index (κ1) is 18.4. The first-order chi connectivity index (χ1) is 12.1. The van der Waals surface area contributed by atoms with E-state index in [0.29, 0.717) is 18.1 Å². The van der Waals surface area contributed by atoms with E-state index in [0.717, 1.165) is 16.9 Å². The van der Waals surface area contributed by atoms with Gasteiger partial charge in [-0.3, -0.25) is 0 Å². The van der Waals surface area contributed by atoms with Gasteiger partial charge in [0.05, 0.1) is 20.8 Å². The van der Waals surface area contributed by atoms with Gasteiger partial charge >= 0.3 is 5.97 Å². The minimum Gasteiger partial charge on any atom is -0.497 e. The van der Waals surface area contributed by atoms with Crippen molar-refractivity contribution in [1.29, 1.82) is 0 Å². The Morgan fingerprint density at radius 3 is 2.16 bits per heavy atom. The molecule has 2 rings (SSSR count). The average Bonchev–Trinajstić information content (AvgIpc) is 2.65. The Hall–Kier alpha value is -2.95. The maximum atomic E-state index is 11.4. The molecule has 0 aliphatic heterocycles. The fraction of sp³-hybridized carbons (Fsp3) is 0.250. The van der Waals surface area contributed by atoms with Gasteiger partial charge < -0.3 is 18.9 Å². The number of hydrogen-bond donors (Lipinski definition) is 0. The summed E-state index contributed by atoms with van der Waals surface area (Å²) in [6.07, 6.45) is 3.92. The molecule has 25 heavy (non-hydrogen) atoms. The number of methoxy groups -OCH3 is 2. The second-order valence-corrected chi connectivity index (χ2v) is 5.14. The van der Waals surface area contributed by atoms with Gasteiger partial charge in [0.1, 0.15) is 17.2 Å². The van der Waals surface area contributed by atoms with E-state index in [1.807, 2.05) is 48.6 Å². The van der Waals surface area contributed by atoms with Crippen LogP contribution in [0.4, 0.5) is 0 Å². The Bertz CT molecular complexity index is 719. The third-order valence-electron chi connectivity index (χ3n) is 3.38. The SMILES string of the molecule is CCOC(=O)COc1cc(/C=C/c2ccc(OC)cc2)cc(OC)c1. The van der Waals surface area contributed by atoms with E-state index < -0.39 is 5.97 Å². The molecular weight excluding hydrogens is 320 g/mol. The van der Waals surface area contributed by atoms with Crippen LogP contribution in [0.1, 0.15) is 18.1 Å². The molecule has 0 unspecified atom stereocenters. The number of hydrogen-bond acceptors (Lipinski definition) is 5. The summed E-state index contributed by atoms with van der Waals surface area (Å²) < 4.78 is 20.8. The molecule has 0 radical (unpaired) electrons. The lowest BCUT2D eigenvalue weighted by Crippen LogP contribution is -2.14. The zero-order valence-corrected chi connectivity index (χ0v) is 14.7. The van der Waals surface area contributed by atoms with Crippen molar-refractivity contribution in [3.05, 3.63) is 53.6 Å². The number of ether oxygens (including phenoxy) is 4. The van der Waals surface area contributed by atoms with Crippen LogP contribution in [0.15, 0.2) is 42.5 Å². The van der Waals surface area contributed by atoms with Crippen molar-refractivity contribution < 1.29 is 23.7 Å². The lowest BCUT2D eigenvalue weighted by atomic mass is 10.1. The van der Waals surface area contributed by atoms with Crippen LogP contribution >= 0.6 is 0 Å². The van der Waals surface area contributed by atoms with Gasteiger partial charge in [0.25, 0.3) is 0 Å². The monoisotopic (exact) mass is 342 g/mol. The van der Waals surface area contributed by atoms with Gasteiger partial charge in [-0.1, -0.05) is 24.3 Å². The van der Waals surface area contributed by atoms with Crippen molar-refractivity contribution in [2.75, 3.05) is 27.4 Å². The number of esters is 1. The second kappa shape index (κ2) is 9.37. The minimum atomic E-state index is -0.402. The standard InChI is InChI=1S/C20H22O5/c1-4-24-20(21)14-25-19-12-16(11-18(13-19)23-3)6-5-15-7-9-17(22-2)10-8-15/h5-13H,4,14H2,1-3H3/b6-5+. The van der Waals surface area contributed by atoms with Crippen molar-refractivity contribution >= 4 is 18.1 Å². The second-order valence-electron chi connectivity index (χ2n) is 5.14. The van der Waals surface area contributed by atoms with Gasteiger partial charge in [-0.15, -0.1) is 0 Å². The quantitative estimate of drug-likeness (QED) is 0.539. The van der Waals surface area contributed by atoms with Gasteiger partial charge in [-0.05, 0) is 42.3 Å². The summed E-state index contributed by atoms with van der Waals surface area (Å²) in [6, 6.07) is 13.2. The lowest BCUT2D eigenvalue weighted by Gasteiger charge is -2.09. The summed E-state index contributed by atoms with van der Waals surface area (Å²) in [5.41, 5.74) is 1.94. The summed E-state index contributed by atoms with van der Waals surface area (Å²) in [7, 11) is 3.22. The molecule has 0 aliphatic rings. The highest BCUT2D eigenvalue weighted by Gasteiger charge is 2.05.